The molecular formula is C11H5F5N2. The molecular weight excluding hydrogens is 255 g/mol. The number of hydrogen-bond donors (Lipinski definition) is 0. The maximum atomic E-state index is 13.3. The highest BCUT2D eigenvalue weighted by Crippen LogP contribution is 2.32. The number of rotatable bonds is 1. The zero-order valence-electron chi connectivity index (χ0n) is 8.67. The lowest BCUT2D eigenvalue weighted by Gasteiger charge is -2.08. The van der Waals surface area contributed by atoms with E-state index < -0.39 is 23.8 Å². The lowest BCUT2D eigenvalue weighted by atomic mass is 10.1. The van der Waals surface area contributed by atoms with E-state index in [1.165, 1.54) is 6.07 Å². The van der Waals surface area contributed by atoms with Crippen LogP contribution < -0.4 is 0 Å². The molecule has 2 aromatic rings. The second-order valence-electron chi connectivity index (χ2n) is 3.42. The molecule has 2 rings (SSSR count). The number of benzene rings is 1. The third-order valence-corrected chi connectivity index (χ3v) is 2.21. The summed E-state index contributed by atoms with van der Waals surface area (Å²) in [5.74, 6) is -1.21. The summed E-state index contributed by atoms with van der Waals surface area (Å²) in [5.41, 5.74) is -1.28. The van der Waals surface area contributed by atoms with E-state index in [1.54, 1.807) is 0 Å². The average molecular weight is 260 g/mol. The van der Waals surface area contributed by atoms with Gasteiger partial charge in [0.05, 0.1) is 11.1 Å². The van der Waals surface area contributed by atoms with Gasteiger partial charge in [-0.3, -0.25) is 0 Å². The second kappa shape index (κ2) is 4.32. The van der Waals surface area contributed by atoms with E-state index in [1.807, 2.05) is 0 Å². The molecule has 0 fully saturated rings. The molecule has 0 saturated carbocycles. The molecule has 0 saturated heterocycles. The zero-order chi connectivity index (χ0) is 13.3. The molecule has 0 spiro atoms. The number of nitrogens with zero attached hydrogens (tertiary/aromatic N) is 2. The summed E-state index contributed by atoms with van der Waals surface area (Å²) in [6.45, 7) is 0. The molecule has 18 heavy (non-hydrogen) atoms. The number of halogens is 5. The number of aromatic nitrogens is 2. The Labute approximate surface area is 98.1 Å². The van der Waals surface area contributed by atoms with Crippen LogP contribution in [-0.4, -0.2) is 9.97 Å². The minimum absolute atomic E-state index is 0.0673. The largest absolute Gasteiger partial charge is 0.416 e. The van der Waals surface area contributed by atoms with Crippen LogP contribution in [0.15, 0.2) is 30.5 Å². The Morgan fingerprint density at radius 2 is 1.78 bits per heavy atom. The summed E-state index contributed by atoms with van der Waals surface area (Å²) in [6, 6.07) is 3.99. The van der Waals surface area contributed by atoms with Crippen LogP contribution >= 0.6 is 0 Å². The fraction of sp³-hybridized carbons (Fsp3) is 0.0909. The first kappa shape index (κ1) is 12.4. The van der Waals surface area contributed by atoms with Crippen LogP contribution in [0.3, 0.4) is 0 Å². The highest BCUT2D eigenvalue weighted by Gasteiger charge is 2.30. The molecule has 0 aliphatic heterocycles. The highest BCUT2D eigenvalue weighted by molar-refractivity contribution is 5.63. The Hall–Kier alpha value is -2.05. The predicted octanol–water partition coefficient (Wildman–Crippen LogP) is 3.44. The third-order valence-electron chi connectivity index (χ3n) is 2.21. The Bertz CT molecular complexity index is 580. The zero-order valence-corrected chi connectivity index (χ0v) is 8.67. The second-order valence-corrected chi connectivity index (χ2v) is 3.42. The van der Waals surface area contributed by atoms with Crippen molar-refractivity contribution in [1.82, 2.24) is 9.97 Å². The van der Waals surface area contributed by atoms with E-state index in [2.05, 4.69) is 9.97 Å². The summed E-state index contributed by atoms with van der Waals surface area (Å²) < 4.78 is 63.2. The van der Waals surface area contributed by atoms with Gasteiger partial charge in [0, 0.05) is 6.20 Å². The van der Waals surface area contributed by atoms with Crippen LogP contribution in [-0.2, 0) is 6.18 Å². The molecule has 2 nitrogen and oxygen atoms in total. The number of alkyl halides is 3. The van der Waals surface area contributed by atoms with Crippen molar-refractivity contribution >= 4 is 0 Å². The van der Waals surface area contributed by atoms with Crippen molar-refractivity contribution in [1.29, 1.82) is 0 Å². The van der Waals surface area contributed by atoms with Crippen LogP contribution in [0.2, 0.25) is 0 Å². The molecule has 7 heteroatoms. The number of hydrogen-bond acceptors (Lipinski definition) is 2. The molecule has 0 bridgehead atoms. The van der Waals surface area contributed by atoms with Gasteiger partial charge >= 0.3 is 12.3 Å². The van der Waals surface area contributed by atoms with Crippen molar-refractivity contribution < 1.29 is 22.0 Å². The summed E-state index contributed by atoms with van der Waals surface area (Å²) >= 11 is 0. The lowest BCUT2D eigenvalue weighted by Crippen LogP contribution is -2.05. The van der Waals surface area contributed by atoms with Gasteiger partial charge in [-0.2, -0.15) is 26.9 Å². The van der Waals surface area contributed by atoms with Crippen LogP contribution in [0.25, 0.3) is 11.1 Å². The van der Waals surface area contributed by atoms with E-state index >= 15 is 0 Å². The summed E-state index contributed by atoms with van der Waals surface area (Å²) in [5, 5.41) is 0. The maximum absolute atomic E-state index is 13.3. The van der Waals surface area contributed by atoms with Crippen molar-refractivity contribution in [3.63, 3.8) is 0 Å². The van der Waals surface area contributed by atoms with E-state index in [0.717, 1.165) is 24.4 Å². The summed E-state index contributed by atoms with van der Waals surface area (Å²) in [7, 11) is 0. The van der Waals surface area contributed by atoms with Gasteiger partial charge in [0.15, 0.2) is 0 Å². The van der Waals surface area contributed by atoms with Crippen molar-refractivity contribution in [2.24, 2.45) is 0 Å². The molecule has 0 amide bonds. The quantitative estimate of drug-likeness (QED) is 0.446. The lowest BCUT2D eigenvalue weighted by molar-refractivity contribution is -0.137. The molecule has 0 atom stereocenters. The Morgan fingerprint density at radius 3 is 2.39 bits per heavy atom. The van der Waals surface area contributed by atoms with Gasteiger partial charge in [-0.05, 0) is 17.7 Å². The highest BCUT2D eigenvalue weighted by atomic mass is 19.4. The third kappa shape index (κ3) is 2.44. The van der Waals surface area contributed by atoms with Gasteiger partial charge in [0.2, 0.25) is 5.95 Å². The van der Waals surface area contributed by atoms with E-state index in [4.69, 9.17) is 0 Å². The van der Waals surface area contributed by atoms with Crippen molar-refractivity contribution in [2.75, 3.05) is 0 Å². The maximum Gasteiger partial charge on any atom is 0.416 e. The van der Waals surface area contributed by atoms with Crippen molar-refractivity contribution in [3.05, 3.63) is 48.1 Å². The smallest absolute Gasteiger partial charge is 0.210 e. The van der Waals surface area contributed by atoms with Crippen LogP contribution in [0, 0.1) is 12.0 Å². The minimum Gasteiger partial charge on any atom is -0.210 e. The SMILES string of the molecule is Fc1ncc(-c2cccc(C(F)(F)F)c2)c(F)n1. The Kier molecular flexibility index (Phi) is 2.98. The Morgan fingerprint density at radius 1 is 1.06 bits per heavy atom. The first-order valence-corrected chi connectivity index (χ1v) is 4.73. The molecule has 0 aliphatic carbocycles. The molecule has 0 aliphatic rings. The minimum atomic E-state index is -4.53. The summed E-state index contributed by atoms with van der Waals surface area (Å²) in [6.07, 6.45) is -5.01. The average Bonchev–Trinajstić information content (AvgIpc) is 2.28. The van der Waals surface area contributed by atoms with Crippen molar-refractivity contribution in [3.8, 4) is 11.1 Å². The summed E-state index contributed by atoms with van der Waals surface area (Å²) in [4.78, 5) is 5.93. The van der Waals surface area contributed by atoms with Crippen LogP contribution in [0.1, 0.15) is 5.56 Å². The molecule has 0 N–H and O–H groups in total. The van der Waals surface area contributed by atoms with E-state index in [0.29, 0.717) is 0 Å². The van der Waals surface area contributed by atoms with Crippen molar-refractivity contribution in [2.45, 2.75) is 6.18 Å². The molecule has 0 radical (unpaired) electrons. The monoisotopic (exact) mass is 260 g/mol. The van der Waals surface area contributed by atoms with Gasteiger partial charge in [-0.25, -0.2) is 4.98 Å². The van der Waals surface area contributed by atoms with Gasteiger partial charge < -0.3 is 0 Å². The topological polar surface area (TPSA) is 25.8 Å². The molecule has 1 heterocycles. The van der Waals surface area contributed by atoms with Gasteiger partial charge in [0.25, 0.3) is 0 Å². The molecule has 94 valence electrons. The fourth-order valence-electron chi connectivity index (χ4n) is 1.40. The molecule has 1 aromatic carbocycles. The normalized spacial score (nSPS) is 11.6. The van der Waals surface area contributed by atoms with Crippen LogP contribution in [0.4, 0.5) is 22.0 Å². The fourth-order valence-corrected chi connectivity index (χ4v) is 1.40. The van der Waals surface area contributed by atoms with E-state index in [9.17, 15) is 22.0 Å². The van der Waals surface area contributed by atoms with Crippen LogP contribution in [0.5, 0.6) is 0 Å². The van der Waals surface area contributed by atoms with Gasteiger partial charge in [-0.1, -0.05) is 12.1 Å². The van der Waals surface area contributed by atoms with Gasteiger partial charge in [-0.15, -0.1) is 0 Å². The standard InChI is InChI=1S/C11H5F5N2/c12-9-8(5-17-10(13)18-9)6-2-1-3-7(4-6)11(14,15)16/h1-5H. The first-order valence-electron chi connectivity index (χ1n) is 4.73. The van der Waals surface area contributed by atoms with Gasteiger partial charge in [0.1, 0.15) is 0 Å². The Balaban J connectivity index is 2.51. The van der Waals surface area contributed by atoms with E-state index in [-0.39, 0.29) is 11.1 Å². The molecule has 0 unspecified atom stereocenters. The molecule has 1 aromatic heterocycles. The predicted molar refractivity (Wildman–Crippen MR) is 52.4 cm³/mol. The first-order chi connectivity index (χ1) is 8.38.